The molecule has 0 bridgehead atoms. The summed E-state index contributed by atoms with van der Waals surface area (Å²) in [5.41, 5.74) is 6.18. The third-order valence-corrected chi connectivity index (χ3v) is 3.00. The highest BCUT2D eigenvalue weighted by molar-refractivity contribution is 5.15. The molecule has 1 heteroatoms. The normalized spacial score (nSPS) is 60.8. The molecule has 0 amide bonds. The van der Waals surface area contributed by atoms with E-state index in [0.717, 1.165) is 11.8 Å². The van der Waals surface area contributed by atoms with Gasteiger partial charge in [-0.25, -0.2) is 0 Å². The maximum absolute atomic E-state index is 5.91. The van der Waals surface area contributed by atoms with Gasteiger partial charge in [0.05, 0.1) is 0 Å². The van der Waals surface area contributed by atoms with Crippen LogP contribution in [0.3, 0.4) is 0 Å². The third-order valence-electron chi connectivity index (χ3n) is 3.00. The highest BCUT2D eigenvalue weighted by Crippen LogP contribution is 2.58. The summed E-state index contributed by atoms with van der Waals surface area (Å²) >= 11 is 0. The first-order valence-electron chi connectivity index (χ1n) is 3.52. The summed E-state index contributed by atoms with van der Waals surface area (Å²) < 4.78 is 0. The first-order chi connectivity index (χ1) is 3.73. The molecule has 2 N–H and O–H groups in total. The van der Waals surface area contributed by atoms with E-state index in [1.54, 1.807) is 0 Å². The smallest absolute Gasteiger partial charge is 0.0189 e. The van der Waals surface area contributed by atoms with Crippen molar-refractivity contribution in [2.75, 3.05) is 0 Å². The zero-order chi connectivity index (χ0) is 5.78. The van der Waals surface area contributed by atoms with Crippen LogP contribution in [0.4, 0.5) is 0 Å². The van der Waals surface area contributed by atoms with Gasteiger partial charge in [0.1, 0.15) is 0 Å². The fourth-order valence-corrected chi connectivity index (χ4v) is 2.30. The molecule has 0 heterocycles. The fourth-order valence-electron chi connectivity index (χ4n) is 2.30. The molecule has 0 spiro atoms. The Hall–Kier alpha value is -0.0400. The van der Waals surface area contributed by atoms with E-state index in [1.807, 2.05) is 0 Å². The monoisotopic (exact) mass is 111 g/mol. The van der Waals surface area contributed by atoms with Crippen LogP contribution in [0.1, 0.15) is 26.2 Å². The molecule has 46 valence electrons. The van der Waals surface area contributed by atoms with E-state index in [-0.39, 0.29) is 5.54 Å². The van der Waals surface area contributed by atoms with Crippen LogP contribution < -0.4 is 5.73 Å². The van der Waals surface area contributed by atoms with Gasteiger partial charge >= 0.3 is 0 Å². The quantitative estimate of drug-likeness (QED) is 0.498. The Kier molecular flexibility index (Phi) is 0.663. The molecule has 2 fully saturated rings. The molecule has 8 heavy (non-hydrogen) atoms. The predicted molar refractivity (Wildman–Crippen MR) is 33.4 cm³/mol. The molecule has 1 nitrogen and oxygen atoms in total. The van der Waals surface area contributed by atoms with E-state index < -0.39 is 0 Å². The van der Waals surface area contributed by atoms with Gasteiger partial charge in [0.25, 0.3) is 0 Å². The molecule has 2 rings (SSSR count). The van der Waals surface area contributed by atoms with Crippen LogP contribution >= 0.6 is 0 Å². The van der Waals surface area contributed by atoms with Crippen LogP contribution in [0.5, 0.6) is 0 Å². The van der Waals surface area contributed by atoms with Gasteiger partial charge in [0.2, 0.25) is 0 Å². The molecule has 2 saturated carbocycles. The van der Waals surface area contributed by atoms with Crippen molar-refractivity contribution in [1.29, 1.82) is 0 Å². The Balaban J connectivity index is 2.13. The van der Waals surface area contributed by atoms with Crippen molar-refractivity contribution in [3.8, 4) is 0 Å². The molecule has 2 aliphatic rings. The van der Waals surface area contributed by atoms with Gasteiger partial charge in [-0.15, -0.1) is 0 Å². The topological polar surface area (TPSA) is 26.0 Å². The van der Waals surface area contributed by atoms with Gasteiger partial charge in [-0.1, -0.05) is 6.42 Å². The molecule has 0 radical (unpaired) electrons. The van der Waals surface area contributed by atoms with Crippen molar-refractivity contribution >= 4 is 0 Å². The minimum absolute atomic E-state index is 0.262. The summed E-state index contributed by atoms with van der Waals surface area (Å²) in [7, 11) is 0. The lowest BCUT2D eigenvalue weighted by Gasteiger charge is -2.05. The SMILES string of the molecule is CC1(N)C2CCCC21. The first-order valence-corrected chi connectivity index (χ1v) is 3.52. The van der Waals surface area contributed by atoms with E-state index >= 15 is 0 Å². The van der Waals surface area contributed by atoms with Crippen molar-refractivity contribution in [2.24, 2.45) is 17.6 Å². The summed E-state index contributed by atoms with van der Waals surface area (Å²) in [5.74, 6) is 1.81. The van der Waals surface area contributed by atoms with Crippen molar-refractivity contribution in [2.45, 2.75) is 31.7 Å². The molecule has 0 aromatic heterocycles. The van der Waals surface area contributed by atoms with Crippen molar-refractivity contribution in [3.63, 3.8) is 0 Å². The summed E-state index contributed by atoms with van der Waals surface area (Å²) in [6.45, 7) is 2.20. The van der Waals surface area contributed by atoms with Crippen molar-refractivity contribution < 1.29 is 0 Å². The second kappa shape index (κ2) is 1.10. The van der Waals surface area contributed by atoms with Crippen LogP contribution in [-0.4, -0.2) is 5.54 Å². The molecule has 2 atom stereocenters. The van der Waals surface area contributed by atoms with E-state index in [1.165, 1.54) is 19.3 Å². The molecule has 0 aromatic carbocycles. The lowest BCUT2D eigenvalue weighted by Crippen LogP contribution is -2.23. The molecular formula is C7H13N. The summed E-state index contributed by atoms with van der Waals surface area (Å²) in [6.07, 6.45) is 4.23. The lowest BCUT2D eigenvalue weighted by molar-refractivity contribution is 0.544. The number of hydrogen-bond acceptors (Lipinski definition) is 1. The average molecular weight is 111 g/mol. The first kappa shape index (κ1) is 4.80. The van der Waals surface area contributed by atoms with Gasteiger partial charge in [0.15, 0.2) is 0 Å². The minimum atomic E-state index is 0.262. The van der Waals surface area contributed by atoms with Crippen LogP contribution in [0.15, 0.2) is 0 Å². The summed E-state index contributed by atoms with van der Waals surface area (Å²) in [5, 5.41) is 0. The van der Waals surface area contributed by atoms with E-state index in [0.29, 0.717) is 0 Å². The molecule has 2 aliphatic carbocycles. The molecule has 0 saturated heterocycles. The fraction of sp³-hybridized carbons (Fsp3) is 1.00. The minimum Gasteiger partial charge on any atom is -0.325 e. The maximum atomic E-state index is 5.91. The second-order valence-corrected chi connectivity index (χ2v) is 3.51. The van der Waals surface area contributed by atoms with E-state index in [4.69, 9.17) is 5.73 Å². The molecule has 2 unspecified atom stereocenters. The van der Waals surface area contributed by atoms with Gasteiger partial charge in [-0.05, 0) is 31.6 Å². The average Bonchev–Trinajstić information content (AvgIpc) is 2.22. The molecule has 0 aromatic rings. The van der Waals surface area contributed by atoms with Gasteiger partial charge < -0.3 is 5.73 Å². The highest BCUT2D eigenvalue weighted by Gasteiger charge is 2.60. The Labute approximate surface area is 50.3 Å². The van der Waals surface area contributed by atoms with Gasteiger partial charge in [0, 0.05) is 5.54 Å². The van der Waals surface area contributed by atoms with Gasteiger partial charge in [-0.3, -0.25) is 0 Å². The Bertz CT molecular complexity index is 106. The van der Waals surface area contributed by atoms with Gasteiger partial charge in [-0.2, -0.15) is 0 Å². The third kappa shape index (κ3) is 0.368. The molecule has 0 aliphatic heterocycles. The Morgan fingerprint density at radius 2 is 1.88 bits per heavy atom. The van der Waals surface area contributed by atoms with E-state index in [9.17, 15) is 0 Å². The van der Waals surface area contributed by atoms with E-state index in [2.05, 4.69) is 6.92 Å². The number of nitrogens with two attached hydrogens (primary N) is 1. The molecular weight excluding hydrogens is 98.1 g/mol. The van der Waals surface area contributed by atoms with Crippen LogP contribution in [0.2, 0.25) is 0 Å². The number of hydrogen-bond donors (Lipinski definition) is 1. The zero-order valence-corrected chi connectivity index (χ0v) is 5.35. The Morgan fingerprint density at radius 3 is 2.12 bits per heavy atom. The maximum Gasteiger partial charge on any atom is 0.0189 e. The summed E-state index contributed by atoms with van der Waals surface area (Å²) in [6, 6.07) is 0. The van der Waals surface area contributed by atoms with Crippen molar-refractivity contribution in [3.05, 3.63) is 0 Å². The summed E-state index contributed by atoms with van der Waals surface area (Å²) in [4.78, 5) is 0. The number of fused-ring (bicyclic) bond motifs is 1. The predicted octanol–water partition coefficient (Wildman–Crippen LogP) is 1.13. The lowest BCUT2D eigenvalue weighted by atomic mass is 10.1. The van der Waals surface area contributed by atoms with Crippen molar-refractivity contribution in [1.82, 2.24) is 0 Å². The van der Waals surface area contributed by atoms with Crippen LogP contribution in [0, 0.1) is 11.8 Å². The highest BCUT2D eigenvalue weighted by atomic mass is 14.9. The van der Waals surface area contributed by atoms with Crippen LogP contribution in [0.25, 0.3) is 0 Å². The Morgan fingerprint density at radius 1 is 1.38 bits per heavy atom. The largest absolute Gasteiger partial charge is 0.325 e. The van der Waals surface area contributed by atoms with Crippen LogP contribution in [-0.2, 0) is 0 Å². The second-order valence-electron chi connectivity index (χ2n) is 3.51. The standard InChI is InChI=1S/C7H13N/c1-7(8)5-3-2-4-6(5)7/h5-6H,2-4,8H2,1H3. The number of rotatable bonds is 0. The zero-order valence-electron chi connectivity index (χ0n) is 5.35.